The van der Waals surface area contributed by atoms with Crippen molar-refractivity contribution in [2.24, 2.45) is 0 Å². The molecular weight excluding hydrogens is 186 g/mol. The maximum absolute atomic E-state index is 9.71. The van der Waals surface area contributed by atoms with Gasteiger partial charge in [0, 0.05) is 6.54 Å². The van der Waals surface area contributed by atoms with E-state index in [2.05, 4.69) is 6.92 Å². The minimum absolute atomic E-state index is 0.730. The average molecular weight is 207 g/mol. The molecule has 1 aromatic rings. The van der Waals surface area contributed by atoms with Crippen molar-refractivity contribution in [3.63, 3.8) is 0 Å². The summed E-state index contributed by atoms with van der Waals surface area (Å²) < 4.78 is 0. The fourth-order valence-electron chi connectivity index (χ4n) is 1.59. The Bertz CT molecular complexity index is 248. The lowest BCUT2D eigenvalue weighted by molar-refractivity contribution is 0.251. The van der Waals surface area contributed by atoms with Gasteiger partial charge in [0.05, 0.1) is 5.69 Å². The Kier molecular flexibility index (Phi) is 5.86. The number of rotatable bonds is 7. The monoisotopic (exact) mass is 207 g/mol. The molecule has 0 fully saturated rings. The van der Waals surface area contributed by atoms with Crippen LogP contribution in [0.15, 0.2) is 30.3 Å². The number of hydrogen-bond acceptors (Lipinski definition) is 2. The molecule has 1 aromatic carbocycles. The van der Waals surface area contributed by atoms with Crippen LogP contribution in [0.4, 0.5) is 5.69 Å². The van der Waals surface area contributed by atoms with Crippen LogP contribution in [0.1, 0.15) is 39.0 Å². The van der Waals surface area contributed by atoms with Gasteiger partial charge in [-0.2, -0.15) is 0 Å². The summed E-state index contributed by atoms with van der Waals surface area (Å²) >= 11 is 0. The van der Waals surface area contributed by atoms with E-state index in [1.54, 1.807) is 0 Å². The van der Waals surface area contributed by atoms with Crippen molar-refractivity contribution in [3.05, 3.63) is 30.3 Å². The molecule has 84 valence electrons. The molecule has 0 aromatic heterocycles. The van der Waals surface area contributed by atoms with E-state index in [-0.39, 0.29) is 0 Å². The summed E-state index contributed by atoms with van der Waals surface area (Å²) in [5.74, 6) is 0. The Labute approximate surface area is 92.5 Å². The molecule has 0 radical (unpaired) electrons. The first-order valence-electron chi connectivity index (χ1n) is 5.86. The summed E-state index contributed by atoms with van der Waals surface area (Å²) in [6.07, 6.45) is 6.11. The lowest BCUT2D eigenvalue weighted by Gasteiger charge is -2.16. The van der Waals surface area contributed by atoms with Crippen molar-refractivity contribution in [1.29, 1.82) is 0 Å². The van der Waals surface area contributed by atoms with Crippen LogP contribution in [0.25, 0.3) is 0 Å². The molecule has 2 nitrogen and oxygen atoms in total. The third-order valence-corrected chi connectivity index (χ3v) is 2.53. The molecule has 0 heterocycles. The Balaban J connectivity index is 2.16. The van der Waals surface area contributed by atoms with Gasteiger partial charge < -0.3 is 0 Å². The summed E-state index contributed by atoms with van der Waals surface area (Å²) in [6.45, 7) is 2.94. The summed E-state index contributed by atoms with van der Waals surface area (Å²) in [4.78, 5) is 0. The molecule has 1 N–H and O–H groups in total. The zero-order chi connectivity index (χ0) is 10.9. The van der Waals surface area contributed by atoms with Gasteiger partial charge in [0.15, 0.2) is 0 Å². The van der Waals surface area contributed by atoms with Crippen LogP contribution in [0.3, 0.4) is 0 Å². The Hall–Kier alpha value is -1.02. The zero-order valence-electron chi connectivity index (χ0n) is 9.52. The highest BCUT2D eigenvalue weighted by molar-refractivity contribution is 5.42. The molecule has 2 heteroatoms. The van der Waals surface area contributed by atoms with Gasteiger partial charge in [-0.25, -0.2) is 0 Å². The number of benzene rings is 1. The summed E-state index contributed by atoms with van der Waals surface area (Å²) in [5.41, 5.74) is 0.882. The SMILES string of the molecule is CCCCCCCN(O)c1ccccc1. The molecule has 0 aliphatic rings. The van der Waals surface area contributed by atoms with Crippen LogP contribution >= 0.6 is 0 Å². The second kappa shape index (κ2) is 7.30. The van der Waals surface area contributed by atoms with E-state index in [4.69, 9.17) is 0 Å². The number of hydroxylamine groups is 1. The van der Waals surface area contributed by atoms with Crippen molar-refractivity contribution in [1.82, 2.24) is 0 Å². The summed E-state index contributed by atoms with van der Waals surface area (Å²) in [7, 11) is 0. The molecule has 0 saturated carbocycles. The highest BCUT2D eigenvalue weighted by Crippen LogP contribution is 2.12. The lowest BCUT2D eigenvalue weighted by Crippen LogP contribution is -2.19. The molecule has 0 aliphatic carbocycles. The van der Waals surface area contributed by atoms with E-state index >= 15 is 0 Å². The molecule has 0 saturated heterocycles. The largest absolute Gasteiger partial charge is 0.288 e. The molecule has 0 amide bonds. The fourth-order valence-corrected chi connectivity index (χ4v) is 1.59. The van der Waals surface area contributed by atoms with Gasteiger partial charge in [0.2, 0.25) is 0 Å². The number of anilines is 1. The standard InChI is InChI=1S/C13H21NO/c1-2-3-4-5-9-12-14(15)13-10-7-6-8-11-13/h6-8,10-11,15H,2-5,9,12H2,1H3. The fraction of sp³-hybridized carbons (Fsp3) is 0.538. The molecule has 0 aliphatic heterocycles. The molecular formula is C13H21NO. The molecule has 0 bridgehead atoms. The second-order valence-corrected chi connectivity index (χ2v) is 3.87. The third-order valence-electron chi connectivity index (χ3n) is 2.53. The lowest BCUT2D eigenvalue weighted by atomic mass is 10.1. The van der Waals surface area contributed by atoms with Crippen molar-refractivity contribution < 1.29 is 5.21 Å². The first-order chi connectivity index (χ1) is 7.34. The van der Waals surface area contributed by atoms with E-state index in [1.807, 2.05) is 30.3 Å². The number of nitrogens with zero attached hydrogens (tertiary/aromatic N) is 1. The minimum atomic E-state index is 0.730. The maximum Gasteiger partial charge on any atom is 0.0634 e. The van der Waals surface area contributed by atoms with E-state index in [9.17, 15) is 5.21 Å². The summed E-state index contributed by atoms with van der Waals surface area (Å²) in [5, 5.41) is 11.0. The van der Waals surface area contributed by atoms with Crippen LogP contribution in [-0.4, -0.2) is 11.8 Å². The molecule has 0 spiro atoms. The van der Waals surface area contributed by atoms with E-state index < -0.39 is 0 Å². The smallest absolute Gasteiger partial charge is 0.0634 e. The first-order valence-corrected chi connectivity index (χ1v) is 5.86. The second-order valence-electron chi connectivity index (χ2n) is 3.87. The molecule has 0 atom stereocenters. The predicted octanol–water partition coefficient (Wildman–Crippen LogP) is 3.85. The van der Waals surface area contributed by atoms with Crippen LogP contribution in [0.2, 0.25) is 0 Å². The minimum Gasteiger partial charge on any atom is -0.288 e. The maximum atomic E-state index is 9.71. The highest BCUT2D eigenvalue weighted by Gasteiger charge is 2.00. The van der Waals surface area contributed by atoms with Crippen molar-refractivity contribution >= 4 is 5.69 Å². The normalized spacial score (nSPS) is 10.3. The van der Waals surface area contributed by atoms with Crippen molar-refractivity contribution in [3.8, 4) is 0 Å². The summed E-state index contributed by atoms with van der Waals surface area (Å²) in [6, 6.07) is 9.68. The van der Waals surface area contributed by atoms with Gasteiger partial charge in [0.1, 0.15) is 0 Å². The Morgan fingerprint density at radius 1 is 1.00 bits per heavy atom. The van der Waals surface area contributed by atoms with Crippen LogP contribution < -0.4 is 5.06 Å². The number of hydrogen-bond donors (Lipinski definition) is 1. The number of unbranched alkanes of at least 4 members (excludes halogenated alkanes) is 4. The van der Waals surface area contributed by atoms with E-state index in [0.29, 0.717) is 0 Å². The topological polar surface area (TPSA) is 23.5 Å². The average Bonchev–Trinajstić information content (AvgIpc) is 2.30. The third kappa shape index (κ3) is 4.84. The molecule has 0 unspecified atom stereocenters. The zero-order valence-corrected chi connectivity index (χ0v) is 9.52. The van der Waals surface area contributed by atoms with Crippen LogP contribution in [0.5, 0.6) is 0 Å². The van der Waals surface area contributed by atoms with E-state index in [1.165, 1.54) is 30.7 Å². The van der Waals surface area contributed by atoms with Crippen molar-refractivity contribution in [2.45, 2.75) is 39.0 Å². The van der Waals surface area contributed by atoms with Gasteiger partial charge in [-0.3, -0.25) is 10.3 Å². The van der Waals surface area contributed by atoms with Crippen molar-refractivity contribution in [2.75, 3.05) is 11.6 Å². The quantitative estimate of drug-likeness (QED) is 0.542. The van der Waals surface area contributed by atoms with Gasteiger partial charge in [-0.1, -0.05) is 50.8 Å². The molecule has 15 heavy (non-hydrogen) atoms. The first kappa shape index (κ1) is 12.1. The highest BCUT2D eigenvalue weighted by atomic mass is 16.5. The Morgan fingerprint density at radius 2 is 1.67 bits per heavy atom. The van der Waals surface area contributed by atoms with Crippen LogP contribution in [0, 0.1) is 0 Å². The van der Waals surface area contributed by atoms with Gasteiger partial charge in [0.25, 0.3) is 0 Å². The van der Waals surface area contributed by atoms with E-state index in [0.717, 1.165) is 18.7 Å². The van der Waals surface area contributed by atoms with Crippen LogP contribution in [-0.2, 0) is 0 Å². The Morgan fingerprint density at radius 3 is 2.33 bits per heavy atom. The molecule has 1 rings (SSSR count). The van der Waals surface area contributed by atoms with Gasteiger partial charge in [-0.05, 0) is 18.6 Å². The van der Waals surface area contributed by atoms with Gasteiger partial charge >= 0.3 is 0 Å². The number of para-hydroxylation sites is 1. The van der Waals surface area contributed by atoms with Gasteiger partial charge in [-0.15, -0.1) is 0 Å². The predicted molar refractivity (Wildman–Crippen MR) is 64.3 cm³/mol.